The smallest absolute Gasteiger partial charge is 0.303 e. The molecule has 5 rings (SSSR count). The molecule has 0 heterocycles. The number of carbonyl (C=O) groups excluding carboxylic acids is 2. The minimum absolute atomic E-state index is 0.00243. The molecule has 0 saturated heterocycles. The lowest BCUT2D eigenvalue weighted by Gasteiger charge is -2.74. The van der Waals surface area contributed by atoms with Crippen molar-refractivity contribution in [3.63, 3.8) is 0 Å². The fourth-order valence-corrected chi connectivity index (χ4v) is 12.5. The summed E-state index contributed by atoms with van der Waals surface area (Å²) in [5.41, 5.74) is 0.276. The van der Waals surface area contributed by atoms with Gasteiger partial charge in [-0.25, -0.2) is 0 Å². The highest BCUT2D eigenvalue weighted by Crippen LogP contribution is 2.77. The molecule has 222 valence electrons. The van der Waals surface area contributed by atoms with Gasteiger partial charge in [0.15, 0.2) is 0 Å². The lowest BCUT2D eigenvalue weighted by molar-refractivity contribution is -0.281. The quantitative estimate of drug-likeness (QED) is 0.368. The number of aliphatic hydroxyl groups excluding tert-OH is 1. The molecule has 0 aromatic heterocycles. The lowest BCUT2D eigenvalue weighted by atomic mass is 9.30. The fraction of sp³-hybridized carbons (Fsp3) is 0.941. The number of ether oxygens (including phenoxy) is 2. The van der Waals surface area contributed by atoms with E-state index in [1.165, 1.54) is 46.0 Å². The molecule has 0 aromatic carbocycles. The summed E-state index contributed by atoms with van der Waals surface area (Å²) in [4.78, 5) is 24.4. The van der Waals surface area contributed by atoms with Crippen molar-refractivity contribution in [2.24, 2.45) is 56.2 Å². The zero-order chi connectivity index (χ0) is 29.0. The van der Waals surface area contributed by atoms with Crippen LogP contribution in [0.15, 0.2) is 0 Å². The van der Waals surface area contributed by atoms with Crippen molar-refractivity contribution in [1.82, 2.24) is 0 Å². The van der Waals surface area contributed by atoms with E-state index in [0.717, 1.165) is 25.7 Å². The van der Waals surface area contributed by atoms with Crippen LogP contribution in [0.1, 0.15) is 127 Å². The number of esters is 2. The van der Waals surface area contributed by atoms with E-state index >= 15 is 0 Å². The maximum atomic E-state index is 12.3. The first-order valence-electron chi connectivity index (χ1n) is 15.9. The molecule has 5 aliphatic carbocycles. The second-order valence-electron chi connectivity index (χ2n) is 16.9. The fourth-order valence-electron chi connectivity index (χ4n) is 12.5. The van der Waals surface area contributed by atoms with E-state index in [2.05, 4.69) is 55.4 Å². The number of fused-ring (bicyclic) bond motifs is 7. The van der Waals surface area contributed by atoms with E-state index in [1.54, 1.807) is 0 Å². The van der Waals surface area contributed by atoms with Gasteiger partial charge in [0.25, 0.3) is 0 Å². The maximum absolute atomic E-state index is 12.3. The summed E-state index contributed by atoms with van der Waals surface area (Å²) in [5, 5.41) is 11.5. The van der Waals surface area contributed by atoms with E-state index < -0.39 is 12.2 Å². The topological polar surface area (TPSA) is 72.8 Å². The number of hydrogen-bond donors (Lipinski definition) is 1. The van der Waals surface area contributed by atoms with Crippen molar-refractivity contribution in [2.45, 2.75) is 145 Å². The van der Waals surface area contributed by atoms with Crippen LogP contribution in [-0.2, 0) is 19.1 Å². The molecule has 0 unspecified atom stereocenters. The van der Waals surface area contributed by atoms with Crippen LogP contribution in [0.3, 0.4) is 0 Å². The maximum Gasteiger partial charge on any atom is 0.303 e. The van der Waals surface area contributed by atoms with Crippen LogP contribution in [0, 0.1) is 56.2 Å². The van der Waals surface area contributed by atoms with Gasteiger partial charge in [-0.2, -0.15) is 0 Å². The Morgan fingerprint density at radius 2 is 1.21 bits per heavy atom. The van der Waals surface area contributed by atoms with Crippen LogP contribution in [0.2, 0.25) is 0 Å². The Balaban J connectivity index is 1.53. The monoisotopic (exact) mass is 544 g/mol. The molecule has 11 atom stereocenters. The van der Waals surface area contributed by atoms with Crippen LogP contribution in [-0.4, -0.2) is 35.4 Å². The summed E-state index contributed by atoms with van der Waals surface area (Å²) in [7, 11) is 0. The number of aliphatic hydroxyl groups is 1. The van der Waals surface area contributed by atoms with Crippen LogP contribution < -0.4 is 0 Å². The molecular formula is C34H56O5. The minimum atomic E-state index is -0.422. The molecule has 39 heavy (non-hydrogen) atoms. The molecule has 5 nitrogen and oxygen atoms in total. The predicted octanol–water partition coefficient (Wildman–Crippen LogP) is 7.33. The minimum Gasteiger partial charge on any atom is -0.459 e. The molecule has 5 heteroatoms. The molecule has 0 bridgehead atoms. The van der Waals surface area contributed by atoms with Crippen molar-refractivity contribution < 1.29 is 24.2 Å². The zero-order valence-electron chi connectivity index (χ0n) is 26.5. The van der Waals surface area contributed by atoms with Crippen molar-refractivity contribution in [2.75, 3.05) is 0 Å². The average molecular weight is 545 g/mol. The van der Waals surface area contributed by atoms with Gasteiger partial charge in [-0.3, -0.25) is 9.59 Å². The molecule has 5 saturated carbocycles. The Morgan fingerprint density at radius 3 is 1.77 bits per heavy atom. The molecule has 1 N–H and O–H groups in total. The molecule has 0 amide bonds. The Hall–Kier alpha value is -1.10. The standard InChI is InChI=1S/C34H56O5/c1-20(35)38-23-19-32(8)24(30(5,6)28(23)39-21(2)36)14-16-34(10)26(32)12-11-25-31(7)18-17-29(3,4)27(37)22(31)13-15-33(25,34)9/h22-28,37H,11-19H2,1-10H3/t22-,23-,24+,25+,26+,27-,28+,31-,32+,33+,34+/m1/s1. The molecule has 0 spiro atoms. The zero-order valence-corrected chi connectivity index (χ0v) is 26.5. The number of hydrogen-bond acceptors (Lipinski definition) is 5. The third kappa shape index (κ3) is 3.93. The van der Waals surface area contributed by atoms with Crippen molar-refractivity contribution in [3.05, 3.63) is 0 Å². The largest absolute Gasteiger partial charge is 0.459 e. The molecule has 0 aliphatic heterocycles. The first kappa shape index (κ1) is 29.4. The molecule has 0 aromatic rings. The summed E-state index contributed by atoms with van der Waals surface area (Å²) >= 11 is 0. The van der Waals surface area contributed by atoms with Crippen molar-refractivity contribution >= 4 is 11.9 Å². The van der Waals surface area contributed by atoms with E-state index in [0.29, 0.717) is 23.7 Å². The van der Waals surface area contributed by atoms with Crippen molar-refractivity contribution in [3.8, 4) is 0 Å². The number of rotatable bonds is 2. The molecular weight excluding hydrogens is 488 g/mol. The highest BCUT2D eigenvalue weighted by molar-refractivity contribution is 5.67. The van der Waals surface area contributed by atoms with Gasteiger partial charge in [0.05, 0.1) is 6.10 Å². The normalized spacial score (nSPS) is 51.8. The van der Waals surface area contributed by atoms with Crippen LogP contribution in [0.4, 0.5) is 0 Å². The third-order valence-electron chi connectivity index (χ3n) is 14.5. The average Bonchev–Trinajstić information content (AvgIpc) is 2.79. The van der Waals surface area contributed by atoms with Crippen LogP contribution >= 0.6 is 0 Å². The van der Waals surface area contributed by atoms with Gasteiger partial charge in [-0.1, -0.05) is 55.4 Å². The van der Waals surface area contributed by atoms with Crippen molar-refractivity contribution in [1.29, 1.82) is 0 Å². The van der Waals surface area contributed by atoms with Gasteiger partial charge in [0.1, 0.15) is 12.2 Å². The summed E-state index contributed by atoms with van der Waals surface area (Å²) in [6.07, 6.45) is 9.02. The Bertz CT molecular complexity index is 1020. The van der Waals surface area contributed by atoms with Gasteiger partial charge in [0, 0.05) is 19.3 Å². The highest BCUT2D eigenvalue weighted by Gasteiger charge is 2.72. The molecule has 0 radical (unpaired) electrons. The summed E-state index contributed by atoms with van der Waals surface area (Å²) < 4.78 is 11.9. The van der Waals surface area contributed by atoms with E-state index in [1.807, 2.05) is 0 Å². The van der Waals surface area contributed by atoms with Gasteiger partial charge >= 0.3 is 11.9 Å². The van der Waals surface area contributed by atoms with Gasteiger partial charge in [0.2, 0.25) is 0 Å². The lowest BCUT2D eigenvalue weighted by Crippen LogP contribution is -2.70. The highest BCUT2D eigenvalue weighted by atomic mass is 16.6. The van der Waals surface area contributed by atoms with E-state index in [9.17, 15) is 14.7 Å². The second kappa shape index (κ2) is 8.95. The second-order valence-corrected chi connectivity index (χ2v) is 16.9. The summed E-state index contributed by atoms with van der Waals surface area (Å²) in [6, 6.07) is 0. The number of carbonyl (C=O) groups is 2. The first-order chi connectivity index (χ1) is 17.8. The summed E-state index contributed by atoms with van der Waals surface area (Å²) in [5.74, 6) is 1.32. The Morgan fingerprint density at radius 1 is 0.667 bits per heavy atom. The van der Waals surface area contributed by atoms with E-state index in [-0.39, 0.29) is 50.5 Å². The van der Waals surface area contributed by atoms with E-state index in [4.69, 9.17) is 9.47 Å². The molecule has 5 fully saturated rings. The molecule has 5 aliphatic rings. The van der Waals surface area contributed by atoms with Crippen LogP contribution in [0.25, 0.3) is 0 Å². The van der Waals surface area contributed by atoms with Gasteiger partial charge < -0.3 is 14.6 Å². The van der Waals surface area contributed by atoms with Gasteiger partial charge in [-0.05, 0) is 109 Å². The first-order valence-corrected chi connectivity index (χ1v) is 15.9. The SMILES string of the molecule is CC(=O)O[C@@H]1C[C@@]2(C)[C@@H](CC[C@@]3(C)[C@H]2CC[C@H]2[C@]4(C)CCC(C)(C)[C@H](O)[C@H]4CC[C@@]23C)C(C)(C)[C@H]1OC(C)=O. The third-order valence-corrected chi connectivity index (χ3v) is 14.5. The van der Waals surface area contributed by atoms with Gasteiger partial charge in [-0.15, -0.1) is 0 Å². The predicted molar refractivity (Wildman–Crippen MR) is 153 cm³/mol. The van der Waals surface area contributed by atoms with Crippen LogP contribution in [0.5, 0.6) is 0 Å². The Kier molecular flexibility index (Phi) is 6.74. The Labute approximate surface area is 237 Å². The summed E-state index contributed by atoms with van der Waals surface area (Å²) in [6.45, 7) is 22.2.